The number of halogens is 1. The summed E-state index contributed by atoms with van der Waals surface area (Å²) in [5, 5.41) is 3.92. The van der Waals surface area contributed by atoms with Gasteiger partial charge in [0.2, 0.25) is 16.4 Å². The molecule has 1 aromatic carbocycles. The predicted octanol–water partition coefficient (Wildman–Crippen LogP) is 0.703. The number of benzene rings is 1. The zero-order valence-electron chi connectivity index (χ0n) is 10.4. The van der Waals surface area contributed by atoms with Gasteiger partial charge in [-0.2, -0.15) is 4.98 Å². The largest absolute Gasteiger partial charge is 0.343 e. The molecule has 0 radical (unpaired) electrons. The lowest BCUT2D eigenvalue weighted by Crippen LogP contribution is -2.26. The van der Waals surface area contributed by atoms with Gasteiger partial charge in [0.15, 0.2) is 5.82 Å². The molecule has 0 amide bonds. The van der Waals surface area contributed by atoms with Gasteiger partial charge in [-0.15, -0.1) is 0 Å². The van der Waals surface area contributed by atoms with E-state index < -0.39 is 10.0 Å². The maximum atomic E-state index is 12.0. The van der Waals surface area contributed by atoms with Crippen LogP contribution in [0.5, 0.6) is 0 Å². The lowest BCUT2D eigenvalue weighted by Gasteiger charge is -2.08. The first kappa shape index (κ1) is 14.9. The molecule has 0 fully saturated rings. The van der Waals surface area contributed by atoms with Gasteiger partial charge in [-0.1, -0.05) is 22.8 Å². The van der Waals surface area contributed by atoms with Crippen molar-refractivity contribution in [2.24, 2.45) is 5.73 Å². The number of sulfonamides is 1. The molecule has 0 aliphatic rings. The maximum Gasteiger partial charge on any atom is 0.240 e. The Hall–Kier alpha value is -1.48. The van der Waals surface area contributed by atoms with Gasteiger partial charge >= 0.3 is 0 Å². The van der Waals surface area contributed by atoms with Crippen LogP contribution in [-0.2, 0) is 23.0 Å². The van der Waals surface area contributed by atoms with Crippen LogP contribution in [-0.4, -0.2) is 25.1 Å². The van der Waals surface area contributed by atoms with Crippen LogP contribution in [0.25, 0.3) is 0 Å². The summed E-state index contributed by atoms with van der Waals surface area (Å²) in [6, 6.07) is 4.43. The Morgan fingerprint density at radius 3 is 2.80 bits per heavy atom. The van der Waals surface area contributed by atoms with E-state index in [1.54, 1.807) is 6.07 Å². The average molecular weight is 317 g/mol. The third-order valence-corrected chi connectivity index (χ3v) is 4.41. The quantitative estimate of drug-likeness (QED) is 0.811. The lowest BCUT2D eigenvalue weighted by atomic mass is 10.2. The van der Waals surface area contributed by atoms with Crippen molar-refractivity contribution in [1.29, 1.82) is 0 Å². The third-order valence-electron chi connectivity index (χ3n) is 2.60. The fourth-order valence-corrected chi connectivity index (χ4v) is 2.92. The molecule has 0 atom stereocenters. The number of rotatable bonds is 6. The van der Waals surface area contributed by atoms with Crippen LogP contribution in [0.2, 0.25) is 5.02 Å². The molecule has 2 rings (SSSR count). The average Bonchev–Trinajstić information content (AvgIpc) is 2.91. The molecule has 108 valence electrons. The second-order valence-corrected chi connectivity index (χ2v) is 6.13. The SMILES string of the molecule is NCc1ccc(S(=O)(=O)NCCc2ncon2)cc1Cl. The van der Waals surface area contributed by atoms with E-state index in [-0.39, 0.29) is 18.0 Å². The van der Waals surface area contributed by atoms with Crippen molar-refractivity contribution in [2.45, 2.75) is 17.9 Å². The van der Waals surface area contributed by atoms with Crippen molar-refractivity contribution >= 4 is 21.6 Å². The van der Waals surface area contributed by atoms with Crippen LogP contribution in [0.15, 0.2) is 34.0 Å². The monoisotopic (exact) mass is 316 g/mol. The van der Waals surface area contributed by atoms with E-state index >= 15 is 0 Å². The molecule has 2 aromatic rings. The molecule has 20 heavy (non-hydrogen) atoms. The predicted molar refractivity (Wildman–Crippen MR) is 72.5 cm³/mol. The summed E-state index contributed by atoms with van der Waals surface area (Å²) in [5.74, 6) is 0.434. The standard InChI is InChI=1S/C11H13ClN4O3S/c12-10-5-9(2-1-8(10)6-13)20(17,18)15-4-3-11-14-7-19-16-11/h1-2,5,7,15H,3-4,6,13H2. The van der Waals surface area contributed by atoms with E-state index in [0.717, 1.165) is 0 Å². The number of nitrogens with two attached hydrogens (primary N) is 1. The normalized spacial score (nSPS) is 11.7. The van der Waals surface area contributed by atoms with Crippen molar-refractivity contribution in [3.8, 4) is 0 Å². The lowest BCUT2D eigenvalue weighted by molar-refractivity contribution is 0.410. The molecule has 0 aliphatic heterocycles. The van der Waals surface area contributed by atoms with Gasteiger partial charge in [0, 0.05) is 24.5 Å². The summed E-state index contributed by atoms with van der Waals surface area (Å²) in [7, 11) is -3.62. The minimum Gasteiger partial charge on any atom is -0.343 e. The fraction of sp³-hybridized carbons (Fsp3) is 0.273. The first-order valence-electron chi connectivity index (χ1n) is 5.76. The van der Waals surface area contributed by atoms with Crippen LogP contribution in [0.4, 0.5) is 0 Å². The summed E-state index contributed by atoms with van der Waals surface area (Å²) in [6.45, 7) is 0.419. The van der Waals surface area contributed by atoms with Crippen LogP contribution in [0, 0.1) is 0 Å². The van der Waals surface area contributed by atoms with Crippen molar-refractivity contribution in [3.63, 3.8) is 0 Å². The highest BCUT2D eigenvalue weighted by atomic mass is 35.5. The molecule has 0 saturated heterocycles. The van der Waals surface area contributed by atoms with Crippen LogP contribution < -0.4 is 10.5 Å². The third kappa shape index (κ3) is 3.54. The van der Waals surface area contributed by atoms with E-state index in [1.165, 1.54) is 18.5 Å². The zero-order valence-corrected chi connectivity index (χ0v) is 12.0. The Labute approximate surface area is 121 Å². The Morgan fingerprint density at radius 2 is 2.20 bits per heavy atom. The van der Waals surface area contributed by atoms with E-state index in [4.69, 9.17) is 17.3 Å². The second-order valence-electron chi connectivity index (χ2n) is 3.95. The molecule has 7 nitrogen and oxygen atoms in total. The Balaban J connectivity index is 2.04. The van der Waals surface area contributed by atoms with E-state index in [1.807, 2.05) is 0 Å². The Kier molecular flexibility index (Phi) is 4.71. The highest BCUT2D eigenvalue weighted by Gasteiger charge is 2.15. The van der Waals surface area contributed by atoms with Crippen LogP contribution in [0.3, 0.4) is 0 Å². The smallest absolute Gasteiger partial charge is 0.240 e. The molecule has 0 aliphatic carbocycles. The van der Waals surface area contributed by atoms with Gasteiger partial charge in [0.25, 0.3) is 0 Å². The molecular formula is C11H13ClN4O3S. The summed E-state index contributed by atoms with van der Waals surface area (Å²) >= 11 is 5.95. The van der Waals surface area contributed by atoms with Gasteiger partial charge in [0.05, 0.1) is 4.90 Å². The van der Waals surface area contributed by atoms with E-state index in [2.05, 4.69) is 19.4 Å². The number of nitrogens with one attached hydrogen (secondary N) is 1. The molecule has 0 unspecified atom stereocenters. The summed E-state index contributed by atoms with van der Waals surface area (Å²) < 4.78 is 31.1. The second kappa shape index (κ2) is 6.31. The van der Waals surface area contributed by atoms with Crippen LogP contribution in [0.1, 0.15) is 11.4 Å². The molecule has 0 saturated carbocycles. The van der Waals surface area contributed by atoms with Crippen molar-refractivity contribution in [3.05, 3.63) is 41.0 Å². The van der Waals surface area contributed by atoms with Crippen molar-refractivity contribution in [1.82, 2.24) is 14.9 Å². The minimum atomic E-state index is -3.62. The van der Waals surface area contributed by atoms with Gasteiger partial charge in [-0.3, -0.25) is 0 Å². The molecule has 3 N–H and O–H groups in total. The van der Waals surface area contributed by atoms with Gasteiger partial charge in [-0.05, 0) is 17.7 Å². The molecular weight excluding hydrogens is 304 g/mol. The summed E-state index contributed by atoms with van der Waals surface area (Å²) in [6.07, 6.45) is 1.53. The van der Waals surface area contributed by atoms with Gasteiger partial charge < -0.3 is 10.3 Å². The molecule has 9 heteroatoms. The van der Waals surface area contributed by atoms with Gasteiger partial charge in [-0.25, -0.2) is 13.1 Å². The number of hydrogen-bond donors (Lipinski definition) is 2. The van der Waals surface area contributed by atoms with E-state index in [0.29, 0.717) is 22.8 Å². The molecule has 0 bridgehead atoms. The van der Waals surface area contributed by atoms with Gasteiger partial charge in [0.1, 0.15) is 0 Å². The molecule has 0 spiro atoms. The maximum absolute atomic E-state index is 12.0. The fourth-order valence-electron chi connectivity index (χ4n) is 1.54. The zero-order chi connectivity index (χ0) is 14.6. The van der Waals surface area contributed by atoms with Crippen LogP contribution >= 0.6 is 11.6 Å². The van der Waals surface area contributed by atoms with E-state index in [9.17, 15) is 8.42 Å². The topological polar surface area (TPSA) is 111 Å². The highest BCUT2D eigenvalue weighted by Crippen LogP contribution is 2.20. The number of hydrogen-bond acceptors (Lipinski definition) is 6. The van der Waals surface area contributed by atoms with Crippen molar-refractivity contribution in [2.75, 3.05) is 6.54 Å². The summed E-state index contributed by atoms with van der Waals surface area (Å²) in [5.41, 5.74) is 6.16. The first-order valence-corrected chi connectivity index (χ1v) is 7.62. The summed E-state index contributed by atoms with van der Waals surface area (Å²) in [4.78, 5) is 3.89. The first-order chi connectivity index (χ1) is 9.53. The number of nitrogens with zero attached hydrogens (tertiary/aromatic N) is 2. The Bertz CT molecular complexity index is 673. The highest BCUT2D eigenvalue weighted by molar-refractivity contribution is 7.89. The van der Waals surface area contributed by atoms with Crippen molar-refractivity contribution < 1.29 is 12.9 Å². The molecule has 1 aromatic heterocycles. The minimum absolute atomic E-state index is 0.0906. The number of aromatic nitrogens is 2. The molecule has 1 heterocycles. The Morgan fingerprint density at radius 1 is 1.40 bits per heavy atom.